The minimum Gasteiger partial charge on any atom is -0.318 e. The molecule has 0 radical (unpaired) electrons. The molecule has 0 spiro atoms. The van der Waals surface area contributed by atoms with E-state index in [-0.39, 0.29) is 0 Å². The number of hydrogen-bond acceptors (Lipinski definition) is 4. The van der Waals surface area contributed by atoms with Crippen molar-refractivity contribution in [1.29, 1.82) is 0 Å². The van der Waals surface area contributed by atoms with Gasteiger partial charge in [-0.25, -0.2) is 9.78 Å². The largest absolute Gasteiger partial charge is 0.331 e. The molecule has 0 amide bonds. The van der Waals surface area contributed by atoms with Gasteiger partial charge in [-0.3, -0.25) is 0 Å². The fourth-order valence-electron chi connectivity index (χ4n) is 3.16. The van der Waals surface area contributed by atoms with E-state index >= 15 is 0 Å². The Hall–Kier alpha value is -2.95. The Morgan fingerprint density at radius 1 is 1.11 bits per heavy atom. The summed E-state index contributed by atoms with van der Waals surface area (Å²) in [5.41, 5.74) is 2.83. The van der Waals surface area contributed by atoms with Gasteiger partial charge in [0.2, 0.25) is 0 Å². The molecule has 0 N–H and O–H groups in total. The van der Waals surface area contributed by atoms with Crippen molar-refractivity contribution in [2.45, 2.75) is 46.0 Å². The standard InChI is InChI=1S/C22H25N3O2/c1-3-4-5-6-12-20(24-27-17(2)26)19-16-25(22-14-9-10-15-23-22)21-13-8-7-11-18(19)21/h7-11,13-16H,3-6,12H2,1-2H3/b24-20+. The summed E-state index contributed by atoms with van der Waals surface area (Å²) in [7, 11) is 0. The van der Waals surface area contributed by atoms with Crippen molar-refractivity contribution in [3.63, 3.8) is 0 Å². The average molecular weight is 363 g/mol. The fraction of sp³-hybridized carbons (Fsp3) is 0.318. The number of fused-ring (bicyclic) bond motifs is 1. The Bertz CT molecular complexity index is 929. The molecule has 0 unspecified atom stereocenters. The molecule has 0 saturated carbocycles. The van der Waals surface area contributed by atoms with Crippen molar-refractivity contribution in [2.24, 2.45) is 5.16 Å². The third kappa shape index (κ3) is 4.61. The molecule has 140 valence electrons. The molecule has 0 bridgehead atoms. The highest BCUT2D eigenvalue weighted by Gasteiger charge is 2.15. The molecule has 27 heavy (non-hydrogen) atoms. The molecule has 3 aromatic rings. The summed E-state index contributed by atoms with van der Waals surface area (Å²) in [6, 6.07) is 14.0. The molecule has 1 aromatic carbocycles. The lowest BCUT2D eigenvalue weighted by atomic mass is 10.0. The van der Waals surface area contributed by atoms with Crippen molar-refractivity contribution in [1.82, 2.24) is 9.55 Å². The van der Waals surface area contributed by atoms with Gasteiger partial charge in [0.1, 0.15) is 5.82 Å². The molecule has 5 heteroatoms. The first-order valence-corrected chi connectivity index (χ1v) is 9.47. The van der Waals surface area contributed by atoms with Crippen LogP contribution in [-0.4, -0.2) is 21.2 Å². The number of aromatic nitrogens is 2. The summed E-state index contributed by atoms with van der Waals surface area (Å²) in [5.74, 6) is 0.437. The van der Waals surface area contributed by atoms with Crippen LogP contribution in [0.4, 0.5) is 0 Å². The highest BCUT2D eigenvalue weighted by molar-refractivity contribution is 6.11. The van der Waals surface area contributed by atoms with Crippen LogP contribution in [0.3, 0.4) is 0 Å². The zero-order valence-corrected chi connectivity index (χ0v) is 15.9. The van der Waals surface area contributed by atoms with Crippen LogP contribution < -0.4 is 0 Å². The predicted octanol–water partition coefficient (Wildman–Crippen LogP) is 5.26. The number of carbonyl (C=O) groups excluding carboxylic acids is 1. The first-order valence-electron chi connectivity index (χ1n) is 9.47. The molecule has 0 aliphatic heterocycles. The molecule has 0 aliphatic rings. The summed E-state index contributed by atoms with van der Waals surface area (Å²) in [4.78, 5) is 20.8. The Morgan fingerprint density at radius 3 is 2.67 bits per heavy atom. The van der Waals surface area contributed by atoms with Gasteiger partial charge in [-0.05, 0) is 31.0 Å². The second-order valence-electron chi connectivity index (χ2n) is 6.55. The number of para-hydroxylation sites is 1. The number of unbranched alkanes of at least 4 members (excludes halogenated alkanes) is 3. The molecular weight excluding hydrogens is 338 g/mol. The average Bonchev–Trinajstić information content (AvgIpc) is 3.08. The maximum absolute atomic E-state index is 11.3. The van der Waals surface area contributed by atoms with Gasteiger partial charge in [-0.1, -0.05) is 55.6 Å². The number of benzene rings is 1. The summed E-state index contributed by atoms with van der Waals surface area (Å²) in [5, 5.41) is 5.26. The Balaban J connectivity index is 2.03. The van der Waals surface area contributed by atoms with E-state index in [1.54, 1.807) is 6.20 Å². The third-order valence-electron chi connectivity index (χ3n) is 4.47. The lowest BCUT2D eigenvalue weighted by Crippen LogP contribution is -2.04. The van der Waals surface area contributed by atoms with Crippen LogP contribution in [-0.2, 0) is 9.63 Å². The van der Waals surface area contributed by atoms with Crippen LogP contribution in [0.15, 0.2) is 60.0 Å². The highest BCUT2D eigenvalue weighted by atomic mass is 16.7. The molecular formula is C22H25N3O2. The monoisotopic (exact) mass is 363 g/mol. The Labute approximate surface area is 159 Å². The number of pyridine rings is 1. The van der Waals surface area contributed by atoms with Crippen molar-refractivity contribution < 1.29 is 9.63 Å². The smallest absolute Gasteiger partial charge is 0.318 e. The van der Waals surface area contributed by atoms with Gasteiger partial charge in [-0.2, -0.15) is 0 Å². The molecule has 3 rings (SSSR count). The van der Waals surface area contributed by atoms with Crippen molar-refractivity contribution >= 4 is 22.6 Å². The number of nitrogens with zero attached hydrogens (tertiary/aromatic N) is 3. The van der Waals surface area contributed by atoms with Gasteiger partial charge in [0.25, 0.3) is 0 Å². The molecule has 0 saturated heterocycles. The van der Waals surface area contributed by atoms with Gasteiger partial charge >= 0.3 is 5.97 Å². The van der Waals surface area contributed by atoms with E-state index in [2.05, 4.69) is 33.8 Å². The second kappa shape index (κ2) is 9.12. The number of hydrogen-bond donors (Lipinski definition) is 0. The van der Waals surface area contributed by atoms with E-state index in [4.69, 9.17) is 4.84 Å². The van der Waals surface area contributed by atoms with Crippen LogP contribution in [0.1, 0.15) is 51.5 Å². The molecule has 0 atom stereocenters. The summed E-state index contributed by atoms with van der Waals surface area (Å²) in [6.07, 6.45) is 9.10. The molecule has 2 heterocycles. The quantitative estimate of drug-likeness (QED) is 0.237. The van der Waals surface area contributed by atoms with E-state index in [1.807, 2.05) is 36.5 Å². The minimum atomic E-state index is -0.408. The lowest BCUT2D eigenvalue weighted by Gasteiger charge is -2.05. The van der Waals surface area contributed by atoms with Gasteiger partial charge in [0.15, 0.2) is 0 Å². The summed E-state index contributed by atoms with van der Waals surface area (Å²) >= 11 is 0. The van der Waals surface area contributed by atoms with E-state index in [0.717, 1.165) is 47.3 Å². The van der Waals surface area contributed by atoms with Gasteiger partial charge < -0.3 is 9.40 Å². The fourth-order valence-corrected chi connectivity index (χ4v) is 3.16. The Morgan fingerprint density at radius 2 is 1.93 bits per heavy atom. The van der Waals surface area contributed by atoms with Gasteiger partial charge in [0.05, 0.1) is 11.2 Å². The first-order chi connectivity index (χ1) is 13.2. The summed E-state index contributed by atoms with van der Waals surface area (Å²) in [6.45, 7) is 3.56. The van der Waals surface area contributed by atoms with Crippen molar-refractivity contribution in [3.8, 4) is 5.82 Å². The SMILES string of the molecule is CCCCCC/C(=N\OC(C)=O)c1cn(-c2ccccn2)c2ccccc12. The molecule has 0 fully saturated rings. The Kier molecular flexibility index (Phi) is 6.36. The predicted molar refractivity (Wildman–Crippen MR) is 108 cm³/mol. The topological polar surface area (TPSA) is 56.5 Å². The van der Waals surface area contributed by atoms with Crippen LogP contribution >= 0.6 is 0 Å². The summed E-state index contributed by atoms with van der Waals surface area (Å²) < 4.78 is 2.06. The molecule has 0 aliphatic carbocycles. The van der Waals surface area contributed by atoms with Gasteiger partial charge in [-0.15, -0.1) is 0 Å². The molecule has 5 nitrogen and oxygen atoms in total. The number of rotatable bonds is 8. The number of carbonyl (C=O) groups is 1. The van der Waals surface area contributed by atoms with Crippen LogP contribution in [0.25, 0.3) is 16.7 Å². The molecule has 2 aromatic heterocycles. The minimum absolute atomic E-state index is 0.408. The zero-order valence-electron chi connectivity index (χ0n) is 15.9. The van der Waals surface area contributed by atoms with E-state index in [9.17, 15) is 4.79 Å². The van der Waals surface area contributed by atoms with Crippen LogP contribution in [0.5, 0.6) is 0 Å². The lowest BCUT2D eigenvalue weighted by molar-refractivity contribution is -0.140. The normalized spacial score (nSPS) is 11.7. The zero-order chi connectivity index (χ0) is 19.1. The maximum atomic E-state index is 11.3. The third-order valence-corrected chi connectivity index (χ3v) is 4.47. The highest BCUT2D eigenvalue weighted by Crippen LogP contribution is 2.26. The van der Waals surface area contributed by atoms with Gasteiger partial charge in [0, 0.05) is 30.3 Å². The first kappa shape index (κ1) is 18.8. The van der Waals surface area contributed by atoms with Crippen molar-refractivity contribution in [3.05, 3.63) is 60.4 Å². The van der Waals surface area contributed by atoms with E-state index in [0.29, 0.717) is 0 Å². The van der Waals surface area contributed by atoms with E-state index in [1.165, 1.54) is 19.8 Å². The van der Waals surface area contributed by atoms with Crippen molar-refractivity contribution in [2.75, 3.05) is 0 Å². The second-order valence-corrected chi connectivity index (χ2v) is 6.55. The van der Waals surface area contributed by atoms with E-state index < -0.39 is 5.97 Å². The number of oxime groups is 1. The van der Waals surface area contributed by atoms with Crippen LogP contribution in [0, 0.1) is 0 Å². The maximum Gasteiger partial charge on any atom is 0.331 e. The van der Waals surface area contributed by atoms with Crippen LogP contribution in [0.2, 0.25) is 0 Å².